The molecule has 1 aliphatic rings. The third-order valence-electron chi connectivity index (χ3n) is 5.36. The summed E-state index contributed by atoms with van der Waals surface area (Å²) in [5, 5.41) is 1.22. The number of esters is 1. The van der Waals surface area contributed by atoms with Gasteiger partial charge < -0.3 is 9.30 Å². The molecule has 1 aromatic carbocycles. The summed E-state index contributed by atoms with van der Waals surface area (Å²) >= 11 is 0. The molecule has 130 valence electrons. The Bertz CT molecular complexity index is 701. The van der Waals surface area contributed by atoms with E-state index in [4.69, 9.17) is 4.74 Å². The summed E-state index contributed by atoms with van der Waals surface area (Å²) in [5.74, 6) is -0.153. The smallest absolute Gasteiger partial charge is 0.313 e. The van der Waals surface area contributed by atoms with E-state index >= 15 is 0 Å². The predicted molar refractivity (Wildman–Crippen MR) is 98.4 cm³/mol. The highest BCUT2D eigenvalue weighted by atomic mass is 16.5. The first-order valence-electron chi connectivity index (χ1n) is 9.48. The van der Waals surface area contributed by atoms with Gasteiger partial charge in [-0.2, -0.15) is 0 Å². The second-order valence-corrected chi connectivity index (χ2v) is 6.89. The Morgan fingerprint density at radius 2 is 1.79 bits per heavy atom. The van der Waals surface area contributed by atoms with E-state index in [1.807, 2.05) is 0 Å². The summed E-state index contributed by atoms with van der Waals surface area (Å²) in [5.41, 5.74) is 3.64. The summed E-state index contributed by atoms with van der Waals surface area (Å²) in [6, 6.07) is 8.46. The SMILES string of the molecule is CCn1c(C)c(C2CCCCCCCCOC2=O)c2ccccc21. The molecule has 2 aromatic rings. The number of fused-ring (bicyclic) bond motifs is 1. The first-order chi connectivity index (χ1) is 11.7. The van der Waals surface area contributed by atoms with Crippen molar-refractivity contribution >= 4 is 16.9 Å². The molecule has 0 bridgehead atoms. The number of aryl methyl sites for hydroxylation is 1. The number of aromatic nitrogens is 1. The number of hydrogen-bond donors (Lipinski definition) is 0. The van der Waals surface area contributed by atoms with Crippen molar-refractivity contribution in [2.24, 2.45) is 0 Å². The number of nitrogens with zero attached hydrogens (tertiary/aromatic N) is 1. The maximum atomic E-state index is 12.8. The third kappa shape index (κ3) is 3.35. The molecule has 3 heteroatoms. The van der Waals surface area contributed by atoms with Gasteiger partial charge in [0.05, 0.1) is 12.5 Å². The fourth-order valence-corrected chi connectivity index (χ4v) is 4.12. The van der Waals surface area contributed by atoms with Crippen LogP contribution in [-0.4, -0.2) is 17.1 Å². The number of benzene rings is 1. The topological polar surface area (TPSA) is 31.2 Å². The van der Waals surface area contributed by atoms with Gasteiger partial charge in [0.1, 0.15) is 0 Å². The molecular formula is C21H29NO2. The summed E-state index contributed by atoms with van der Waals surface area (Å²) in [6.45, 7) is 5.81. The lowest BCUT2D eigenvalue weighted by molar-refractivity contribution is -0.145. The summed E-state index contributed by atoms with van der Waals surface area (Å²) in [6.07, 6.45) is 7.92. The molecule has 1 atom stereocenters. The molecule has 0 spiro atoms. The van der Waals surface area contributed by atoms with E-state index < -0.39 is 0 Å². The van der Waals surface area contributed by atoms with Crippen molar-refractivity contribution in [1.29, 1.82) is 0 Å². The van der Waals surface area contributed by atoms with Gasteiger partial charge in [0.15, 0.2) is 0 Å². The number of para-hydroxylation sites is 1. The molecule has 2 heterocycles. The maximum Gasteiger partial charge on any atom is 0.313 e. The molecule has 0 N–H and O–H groups in total. The molecule has 0 aliphatic carbocycles. The third-order valence-corrected chi connectivity index (χ3v) is 5.36. The Morgan fingerprint density at radius 3 is 2.58 bits per heavy atom. The lowest BCUT2D eigenvalue weighted by Crippen LogP contribution is -2.17. The van der Waals surface area contributed by atoms with E-state index in [1.165, 1.54) is 47.8 Å². The zero-order valence-corrected chi connectivity index (χ0v) is 15.0. The van der Waals surface area contributed by atoms with Gasteiger partial charge in [0.2, 0.25) is 0 Å². The van der Waals surface area contributed by atoms with Crippen molar-refractivity contribution in [2.45, 2.75) is 71.3 Å². The van der Waals surface area contributed by atoms with Gasteiger partial charge in [0, 0.05) is 23.1 Å². The highest BCUT2D eigenvalue weighted by Crippen LogP contribution is 2.35. The Labute approximate surface area is 145 Å². The standard InChI is InChI=1S/C21H29NO2/c1-3-22-16(2)20(17-12-9-10-14-19(17)22)18-13-8-6-4-5-7-11-15-24-21(18)23/h9-10,12,14,18H,3-8,11,13,15H2,1-2H3. The lowest BCUT2D eigenvalue weighted by Gasteiger charge is -2.17. The predicted octanol–water partition coefficient (Wildman–Crippen LogP) is 5.34. The van der Waals surface area contributed by atoms with Gasteiger partial charge in [-0.1, -0.05) is 50.3 Å². The molecule has 1 aliphatic heterocycles. The molecule has 0 saturated carbocycles. The number of rotatable bonds is 2. The molecule has 3 rings (SSSR count). The van der Waals surface area contributed by atoms with E-state index in [9.17, 15) is 4.79 Å². The first-order valence-corrected chi connectivity index (χ1v) is 9.48. The molecule has 24 heavy (non-hydrogen) atoms. The molecule has 1 unspecified atom stereocenters. The zero-order chi connectivity index (χ0) is 16.9. The van der Waals surface area contributed by atoms with Gasteiger partial charge in [-0.15, -0.1) is 0 Å². The van der Waals surface area contributed by atoms with Crippen LogP contribution in [0.25, 0.3) is 10.9 Å². The molecule has 1 saturated heterocycles. The Morgan fingerprint density at radius 1 is 1.08 bits per heavy atom. The second-order valence-electron chi connectivity index (χ2n) is 6.89. The monoisotopic (exact) mass is 327 g/mol. The van der Waals surface area contributed by atoms with Crippen molar-refractivity contribution in [3.63, 3.8) is 0 Å². The quantitative estimate of drug-likeness (QED) is 0.697. The average molecular weight is 327 g/mol. The van der Waals surface area contributed by atoms with Crippen LogP contribution in [0.1, 0.15) is 69.0 Å². The number of hydrogen-bond acceptors (Lipinski definition) is 2. The van der Waals surface area contributed by atoms with Gasteiger partial charge in [-0.25, -0.2) is 0 Å². The van der Waals surface area contributed by atoms with Crippen LogP contribution in [-0.2, 0) is 16.1 Å². The lowest BCUT2D eigenvalue weighted by atomic mass is 9.91. The number of carbonyl (C=O) groups excluding carboxylic acids is 1. The van der Waals surface area contributed by atoms with Crippen LogP contribution in [0.3, 0.4) is 0 Å². The molecule has 1 fully saturated rings. The minimum Gasteiger partial charge on any atom is -0.465 e. The summed E-state index contributed by atoms with van der Waals surface area (Å²) in [7, 11) is 0. The van der Waals surface area contributed by atoms with Crippen LogP contribution in [0.4, 0.5) is 0 Å². The summed E-state index contributed by atoms with van der Waals surface area (Å²) < 4.78 is 7.96. The van der Waals surface area contributed by atoms with Gasteiger partial charge >= 0.3 is 5.97 Å². The van der Waals surface area contributed by atoms with Crippen LogP contribution in [0.15, 0.2) is 24.3 Å². The highest BCUT2D eigenvalue weighted by molar-refractivity contribution is 5.91. The van der Waals surface area contributed by atoms with Crippen LogP contribution in [0.5, 0.6) is 0 Å². The molecule has 3 nitrogen and oxygen atoms in total. The Kier molecular flexibility index (Phi) is 5.60. The van der Waals surface area contributed by atoms with Crippen molar-refractivity contribution < 1.29 is 9.53 Å². The van der Waals surface area contributed by atoms with E-state index in [1.54, 1.807) is 0 Å². The van der Waals surface area contributed by atoms with Crippen LogP contribution in [0.2, 0.25) is 0 Å². The largest absolute Gasteiger partial charge is 0.465 e. The number of carbonyl (C=O) groups is 1. The second kappa shape index (κ2) is 7.87. The van der Waals surface area contributed by atoms with Crippen molar-refractivity contribution in [3.8, 4) is 0 Å². The minimum atomic E-state index is -0.124. The normalized spacial score (nSPS) is 20.6. The van der Waals surface area contributed by atoms with Gasteiger partial charge in [-0.3, -0.25) is 4.79 Å². The first kappa shape index (κ1) is 17.1. The molecular weight excluding hydrogens is 298 g/mol. The van der Waals surface area contributed by atoms with Crippen LogP contribution < -0.4 is 0 Å². The minimum absolute atomic E-state index is 0.0287. The Balaban J connectivity index is 2.01. The van der Waals surface area contributed by atoms with Crippen LogP contribution in [0, 0.1) is 6.92 Å². The van der Waals surface area contributed by atoms with E-state index in [2.05, 4.69) is 42.7 Å². The highest BCUT2D eigenvalue weighted by Gasteiger charge is 2.28. The molecule has 0 radical (unpaired) electrons. The maximum absolute atomic E-state index is 12.8. The van der Waals surface area contributed by atoms with Gasteiger partial charge in [-0.05, 0) is 38.3 Å². The van der Waals surface area contributed by atoms with E-state index in [0.29, 0.717) is 6.61 Å². The Hall–Kier alpha value is -1.77. The fourth-order valence-electron chi connectivity index (χ4n) is 4.12. The number of cyclic esters (lactones) is 1. The zero-order valence-electron chi connectivity index (χ0n) is 15.0. The van der Waals surface area contributed by atoms with Crippen molar-refractivity contribution in [3.05, 3.63) is 35.5 Å². The molecule has 1 aromatic heterocycles. The fraction of sp³-hybridized carbons (Fsp3) is 0.571. The van der Waals surface area contributed by atoms with E-state index in [0.717, 1.165) is 25.8 Å². The van der Waals surface area contributed by atoms with Crippen LogP contribution >= 0.6 is 0 Å². The van der Waals surface area contributed by atoms with Gasteiger partial charge in [0.25, 0.3) is 0 Å². The summed E-state index contributed by atoms with van der Waals surface area (Å²) in [4.78, 5) is 12.8. The van der Waals surface area contributed by atoms with Crippen molar-refractivity contribution in [1.82, 2.24) is 4.57 Å². The van der Waals surface area contributed by atoms with E-state index in [-0.39, 0.29) is 11.9 Å². The van der Waals surface area contributed by atoms with Crippen molar-refractivity contribution in [2.75, 3.05) is 6.61 Å². The molecule has 0 amide bonds. The number of ether oxygens (including phenoxy) is 1. The average Bonchev–Trinajstić information content (AvgIpc) is 2.85.